The monoisotopic (exact) mass is 383 g/mol. The van der Waals surface area contributed by atoms with Gasteiger partial charge in [0.1, 0.15) is 0 Å². The molecule has 0 unspecified atom stereocenters. The second-order valence-corrected chi connectivity index (χ2v) is 6.92. The van der Waals surface area contributed by atoms with E-state index >= 15 is 0 Å². The van der Waals surface area contributed by atoms with E-state index in [1.54, 1.807) is 24.0 Å². The molecule has 1 aromatic rings. The molecule has 6 nitrogen and oxygen atoms in total. The summed E-state index contributed by atoms with van der Waals surface area (Å²) in [6.45, 7) is 4.88. The van der Waals surface area contributed by atoms with Gasteiger partial charge in [0.2, 0.25) is 0 Å². The van der Waals surface area contributed by atoms with E-state index in [2.05, 4.69) is 6.92 Å². The van der Waals surface area contributed by atoms with Crippen LogP contribution in [0.1, 0.15) is 49.9 Å². The quantitative estimate of drug-likeness (QED) is 0.723. The minimum atomic E-state index is -0.870. The molecule has 0 aliphatic carbocycles. The number of benzene rings is 1. The summed E-state index contributed by atoms with van der Waals surface area (Å²) in [6, 6.07) is 2.79. The standard InChI is InChI=1S/C19H26ClNO5/c1-4-5-9-26-17-15(20)10-13(11-16(17)25-3)18(22)21-8-6-7-14(12(21)2)19(23)24/h10-12,14H,4-9H2,1-3H3,(H,23,24)/t12-,14-/m0/s1. The highest BCUT2D eigenvalue weighted by Gasteiger charge is 2.36. The maximum atomic E-state index is 12.9. The summed E-state index contributed by atoms with van der Waals surface area (Å²) in [4.78, 5) is 25.9. The molecule has 26 heavy (non-hydrogen) atoms. The molecule has 2 atom stereocenters. The van der Waals surface area contributed by atoms with E-state index < -0.39 is 11.9 Å². The second kappa shape index (κ2) is 9.12. The van der Waals surface area contributed by atoms with Crippen LogP contribution in [0, 0.1) is 5.92 Å². The highest BCUT2D eigenvalue weighted by atomic mass is 35.5. The van der Waals surface area contributed by atoms with Gasteiger partial charge >= 0.3 is 5.97 Å². The zero-order valence-electron chi connectivity index (χ0n) is 15.5. The van der Waals surface area contributed by atoms with E-state index in [1.165, 1.54) is 7.11 Å². The number of halogens is 1. The lowest BCUT2D eigenvalue weighted by atomic mass is 9.90. The Kier molecular flexibility index (Phi) is 7.14. The maximum absolute atomic E-state index is 12.9. The Morgan fingerprint density at radius 1 is 1.38 bits per heavy atom. The molecule has 7 heteroatoms. The Bertz CT molecular complexity index is 664. The third-order valence-electron chi connectivity index (χ3n) is 4.79. The van der Waals surface area contributed by atoms with Gasteiger partial charge in [-0.15, -0.1) is 0 Å². The van der Waals surface area contributed by atoms with Crippen molar-refractivity contribution in [2.24, 2.45) is 5.92 Å². The number of ether oxygens (including phenoxy) is 2. The summed E-state index contributed by atoms with van der Waals surface area (Å²) in [5.41, 5.74) is 0.368. The molecule has 1 aliphatic rings. The number of carbonyl (C=O) groups is 2. The first-order valence-corrected chi connectivity index (χ1v) is 9.32. The van der Waals surface area contributed by atoms with Gasteiger partial charge in [-0.3, -0.25) is 9.59 Å². The molecule has 1 aromatic carbocycles. The van der Waals surface area contributed by atoms with Gasteiger partial charge in [0.25, 0.3) is 5.91 Å². The van der Waals surface area contributed by atoms with Crippen LogP contribution in [0.4, 0.5) is 0 Å². The van der Waals surface area contributed by atoms with Gasteiger partial charge in [-0.05, 0) is 38.3 Å². The van der Waals surface area contributed by atoms with Gasteiger partial charge in [-0.2, -0.15) is 0 Å². The van der Waals surface area contributed by atoms with Crippen molar-refractivity contribution in [3.8, 4) is 11.5 Å². The highest BCUT2D eigenvalue weighted by molar-refractivity contribution is 6.32. The van der Waals surface area contributed by atoms with Gasteiger partial charge in [0.05, 0.1) is 24.7 Å². The van der Waals surface area contributed by atoms with Crippen LogP contribution >= 0.6 is 11.6 Å². The van der Waals surface area contributed by atoms with Crippen LogP contribution in [0.15, 0.2) is 12.1 Å². The van der Waals surface area contributed by atoms with Gasteiger partial charge in [-0.1, -0.05) is 24.9 Å². The van der Waals surface area contributed by atoms with Crippen LogP contribution < -0.4 is 9.47 Å². The molecule has 1 heterocycles. The van der Waals surface area contributed by atoms with Gasteiger partial charge in [-0.25, -0.2) is 0 Å². The second-order valence-electron chi connectivity index (χ2n) is 6.52. The van der Waals surface area contributed by atoms with Crippen LogP contribution in [0.3, 0.4) is 0 Å². The molecule has 1 saturated heterocycles. The van der Waals surface area contributed by atoms with Crippen molar-refractivity contribution in [3.05, 3.63) is 22.7 Å². The van der Waals surface area contributed by atoms with E-state index in [1.807, 2.05) is 0 Å². The zero-order valence-corrected chi connectivity index (χ0v) is 16.2. The average Bonchev–Trinajstić information content (AvgIpc) is 2.62. The van der Waals surface area contributed by atoms with E-state index in [4.69, 9.17) is 21.1 Å². The summed E-state index contributed by atoms with van der Waals surface area (Å²) in [5, 5.41) is 9.66. The summed E-state index contributed by atoms with van der Waals surface area (Å²) in [5.74, 6) is -0.846. The number of amides is 1. The topological polar surface area (TPSA) is 76.1 Å². The number of hydrogen-bond acceptors (Lipinski definition) is 4. The predicted octanol–water partition coefficient (Wildman–Crippen LogP) is 3.85. The molecule has 0 aromatic heterocycles. The SMILES string of the molecule is CCCCOc1c(Cl)cc(C(=O)N2CCC[C@H](C(=O)O)[C@@H]2C)cc1OC. The van der Waals surface area contributed by atoms with E-state index in [0.717, 1.165) is 12.8 Å². The van der Waals surface area contributed by atoms with E-state index in [-0.39, 0.29) is 11.9 Å². The Balaban J connectivity index is 2.25. The molecule has 0 radical (unpaired) electrons. The fourth-order valence-electron chi connectivity index (χ4n) is 3.23. The number of likely N-dealkylation sites (tertiary alicyclic amines) is 1. The number of aliphatic carboxylic acids is 1. The number of hydrogen-bond donors (Lipinski definition) is 1. The number of unbranched alkanes of at least 4 members (excludes halogenated alkanes) is 1. The lowest BCUT2D eigenvalue weighted by Crippen LogP contribution is -2.49. The zero-order chi connectivity index (χ0) is 19.3. The van der Waals surface area contributed by atoms with Gasteiger partial charge in [0.15, 0.2) is 11.5 Å². The number of rotatable bonds is 7. The Hall–Kier alpha value is -1.95. The Labute approximate surface area is 159 Å². The van der Waals surface area contributed by atoms with Crippen LogP contribution in [-0.2, 0) is 4.79 Å². The van der Waals surface area contributed by atoms with Crippen molar-refractivity contribution >= 4 is 23.5 Å². The molecule has 1 N–H and O–H groups in total. The molecular formula is C19H26ClNO5. The van der Waals surface area contributed by atoms with Crippen molar-refractivity contribution in [3.63, 3.8) is 0 Å². The normalized spacial score (nSPS) is 19.9. The number of carboxylic acid groups (broad SMARTS) is 1. The molecular weight excluding hydrogens is 358 g/mol. The molecule has 1 aliphatic heterocycles. The first-order chi connectivity index (χ1) is 12.4. The lowest BCUT2D eigenvalue weighted by Gasteiger charge is -2.37. The molecule has 0 bridgehead atoms. The number of carboxylic acids is 1. The number of piperidine rings is 1. The molecule has 144 valence electrons. The molecule has 0 spiro atoms. The van der Waals surface area contributed by atoms with Crippen LogP contribution in [0.2, 0.25) is 5.02 Å². The maximum Gasteiger partial charge on any atom is 0.308 e. The summed E-state index contributed by atoms with van der Waals surface area (Å²) < 4.78 is 11.0. The first-order valence-electron chi connectivity index (χ1n) is 8.94. The number of nitrogens with zero attached hydrogens (tertiary/aromatic N) is 1. The minimum absolute atomic E-state index is 0.247. The van der Waals surface area contributed by atoms with Crippen molar-refractivity contribution in [2.45, 2.75) is 45.6 Å². The fraction of sp³-hybridized carbons (Fsp3) is 0.579. The van der Waals surface area contributed by atoms with Crippen molar-refractivity contribution in [2.75, 3.05) is 20.3 Å². The predicted molar refractivity (Wildman–Crippen MR) is 99.3 cm³/mol. The average molecular weight is 384 g/mol. The van der Waals surface area contributed by atoms with Crippen LogP contribution in [0.25, 0.3) is 0 Å². The fourth-order valence-corrected chi connectivity index (χ4v) is 3.49. The minimum Gasteiger partial charge on any atom is -0.493 e. The molecule has 1 amide bonds. The Morgan fingerprint density at radius 3 is 2.73 bits per heavy atom. The highest BCUT2D eigenvalue weighted by Crippen LogP contribution is 2.37. The Morgan fingerprint density at radius 2 is 2.12 bits per heavy atom. The molecule has 0 saturated carbocycles. The smallest absolute Gasteiger partial charge is 0.308 e. The lowest BCUT2D eigenvalue weighted by molar-refractivity contribution is -0.144. The largest absolute Gasteiger partial charge is 0.493 e. The van der Waals surface area contributed by atoms with E-state index in [9.17, 15) is 14.7 Å². The summed E-state index contributed by atoms with van der Waals surface area (Å²) in [6.07, 6.45) is 3.13. The molecule has 1 fully saturated rings. The third-order valence-corrected chi connectivity index (χ3v) is 5.07. The van der Waals surface area contributed by atoms with Crippen molar-refractivity contribution in [1.82, 2.24) is 4.90 Å². The van der Waals surface area contributed by atoms with Gasteiger partial charge in [0, 0.05) is 18.2 Å². The van der Waals surface area contributed by atoms with Crippen LogP contribution in [0.5, 0.6) is 11.5 Å². The number of methoxy groups -OCH3 is 1. The van der Waals surface area contributed by atoms with Crippen LogP contribution in [-0.4, -0.2) is 48.2 Å². The molecule has 2 rings (SSSR count). The van der Waals surface area contributed by atoms with Crippen molar-refractivity contribution in [1.29, 1.82) is 0 Å². The number of carbonyl (C=O) groups excluding carboxylic acids is 1. The first kappa shape index (κ1) is 20.4. The van der Waals surface area contributed by atoms with Gasteiger partial charge < -0.3 is 19.5 Å². The summed E-state index contributed by atoms with van der Waals surface area (Å²) >= 11 is 6.32. The summed E-state index contributed by atoms with van der Waals surface area (Å²) in [7, 11) is 1.50. The van der Waals surface area contributed by atoms with E-state index in [0.29, 0.717) is 48.1 Å². The van der Waals surface area contributed by atoms with Crippen molar-refractivity contribution < 1.29 is 24.2 Å². The third kappa shape index (κ3) is 4.41.